The number of ether oxygens (including phenoxy) is 1. The monoisotopic (exact) mass is 283 g/mol. The summed E-state index contributed by atoms with van der Waals surface area (Å²) in [7, 11) is 0. The van der Waals surface area contributed by atoms with Crippen LogP contribution in [-0.2, 0) is 14.4 Å². The van der Waals surface area contributed by atoms with Crippen molar-refractivity contribution in [2.24, 2.45) is 0 Å². The first-order chi connectivity index (χ1) is 9.21. The number of carbonyl (C=O) groups is 1. The first-order valence-electron chi connectivity index (χ1n) is 7.85. The molecule has 1 aliphatic heterocycles. The predicted molar refractivity (Wildman–Crippen MR) is 78.1 cm³/mol. The van der Waals surface area contributed by atoms with Crippen LogP contribution in [0.4, 0.5) is 0 Å². The molecule has 116 valence electrons. The summed E-state index contributed by atoms with van der Waals surface area (Å²) in [5, 5.41) is 2.18. The Morgan fingerprint density at radius 2 is 1.50 bits per heavy atom. The molecule has 1 saturated carbocycles. The van der Waals surface area contributed by atoms with Crippen molar-refractivity contribution in [3.05, 3.63) is 0 Å². The van der Waals surface area contributed by atoms with E-state index in [-0.39, 0.29) is 23.2 Å². The van der Waals surface area contributed by atoms with E-state index in [9.17, 15) is 4.79 Å². The molecule has 1 saturated heterocycles. The highest BCUT2D eigenvalue weighted by Crippen LogP contribution is 2.41. The van der Waals surface area contributed by atoms with Crippen molar-refractivity contribution in [1.29, 1.82) is 0 Å². The first-order valence-corrected chi connectivity index (χ1v) is 7.85. The van der Waals surface area contributed by atoms with E-state index < -0.39 is 0 Å². The van der Waals surface area contributed by atoms with Crippen LogP contribution in [0, 0.1) is 0 Å². The van der Waals surface area contributed by atoms with Gasteiger partial charge in [-0.2, -0.15) is 5.06 Å². The van der Waals surface area contributed by atoms with Crippen LogP contribution in [0.2, 0.25) is 0 Å². The van der Waals surface area contributed by atoms with Gasteiger partial charge in [-0.05, 0) is 40.5 Å². The van der Waals surface area contributed by atoms with Gasteiger partial charge in [-0.15, -0.1) is 0 Å². The highest BCUT2D eigenvalue weighted by Gasteiger charge is 2.48. The van der Waals surface area contributed by atoms with Crippen molar-refractivity contribution < 1.29 is 14.4 Å². The Labute approximate surface area is 122 Å². The lowest BCUT2D eigenvalue weighted by atomic mass is 9.80. The van der Waals surface area contributed by atoms with Crippen molar-refractivity contribution in [2.45, 2.75) is 96.4 Å². The minimum absolute atomic E-state index is 0.0130. The van der Waals surface area contributed by atoms with E-state index in [1.807, 2.05) is 0 Å². The van der Waals surface area contributed by atoms with Gasteiger partial charge >= 0.3 is 5.97 Å². The third kappa shape index (κ3) is 3.53. The Kier molecular flexibility index (Phi) is 4.45. The SMILES string of the molecule is CC(=O)OC1CC(C)(C)N(OC2CCCC2)C(C)(C)C1. The summed E-state index contributed by atoms with van der Waals surface area (Å²) >= 11 is 0. The van der Waals surface area contributed by atoms with Gasteiger partial charge in [0.2, 0.25) is 0 Å². The number of rotatable bonds is 3. The molecule has 0 N–H and O–H groups in total. The van der Waals surface area contributed by atoms with Crippen molar-refractivity contribution in [1.82, 2.24) is 5.06 Å². The molecule has 0 aromatic rings. The minimum atomic E-state index is -0.188. The maximum absolute atomic E-state index is 11.2. The Balaban J connectivity index is 2.08. The van der Waals surface area contributed by atoms with Crippen molar-refractivity contribution in [3.63, 3.8) is 0 Å². The number of piperidine rings is 1. The number of esters is 1. The molecule has 0 atom stereocenters. The lowest BCUT2D eigenvalue weighted by Crippen LogP contribution is -2.62. The maximum atomic E-state index is 11.2. The lowest BCUT2D eigenvalue weighted by Gasteiger charge is -2.54. The van der Waals surface area contributed by atoms with Gasteiger partial charge in [-0.1, -0.05) is 12.8 Å². The summed E-state index contributed by atoms with van der Waals surface area (Å²) in [5.41, 5.74) is -0.241. The van der Waals surface area contributed by atoms with Crippen LogP contribution in [0.15, 0.2) is 0 Å². The zero-order chi connectivity index (χ0) is 15.0. The topological polar surface area (TPSA) is 38.8 Å². The molecule has 0 spiro atoms. The molecule has 2 aliphatic rings. The average Bonchev–Trinajstić information content (AvgIpc) is 2.73. The number of nitrogens with zero attached hydrogens (tertiary/aromatic N) is 1. The van der Waals surface area contributed by atoms with Crippen LogP contribution in [0.5, 0.6) is 0 Å². The maximum Gasteiger partial charge on any atom is 0.302 e. The Bertz CT molecular complexity index is 341. The molecule has 0 amide bonds. The first kappa shape index (κ1) is 15.8. The summed E-state index contributed by atoms with van der Waals surface area (Å²) in [5.74, 6) is -0.188. The van der Waals surface area contributed by atoms with E-state index in [1.54, 1.807) is 0 Å². The molecular weight excluding hydrogens is 254 g/mol. The van der Waals surface area contributed by atoms with Gasteiger partial charge in [0.05, 0.1) is 6.10 Å². The molecular formula is C16H29NO3. The van der Waals surface area contributed by atoms with Crippen molar-refractivity contribution in [3.8, 4) is 0 Å². The van der Waals surface area contributed by atoms with Crippen LogP contribution in [0.1, 0.15) is 73.1 Å². The van der Waals surface area contributed by atoms with Crippen LogP contribution in [0.3, 0.4) is 0 Å². The molecule has 1 aliphatic carbocycles. The molecule has 0 bridgehead atoms. The van der Waals surface area contributed by atoms with Crippen LogP contribution in [0.25, 0.3) is 0 Å². The second kappa shape index (κ2) is 5.64. The molecule has 4 nitrogen and oxygen atoms in total. The van der Waals surface area contributed by atoms with Gasteiger partial charge in [0.25, 0.3) is 0 Å². The Morgan fingerprint density at radius 3 is 1.95 bits per heavy atom. The quantitative estimate of drug-likeness (QED) is 0.744. The molecule has 0 aromatic heterocycles. The van der Waals surface area contributed by atoms with Crippen LogP contribution >= 0.6 is 0 Å². The normalized spacial score (nSPS) is 27.6. The predicted octanol–water partition coefficient (Wildman–Crippen LogP) is 3.45. The summed E-state index contributed by atoms with van der Waals surface area (Å²) in [4.78, 5) is 17.6. The average molecular weight is 283 g/mol. The fourth-order valence-electron chi connectivity index (χ4n) is 3.92. The van der Waals surface area contributed by atoms with Crippen molar-refractivity contribution >= 4 is 5.97 Å². The van der Waals surface area contributed by atoms with Gasteiger partial charge in [-0.3, -0.25) is 9.63 Å². The van der Waals surface area contributed by atoms with Crippen LogP contribution < -0.4 is 0 Å². The fraction of sp³-hybridized carbons (Fsp3) is 0.938. The van der Waals surface area contributed by atoms with Gasteiger partial charge in [0, 0.05) is 30.8 Å². The molecule has 4 heteroatoms. The molecule has 20 heavy (non-hydrogen) atoms. The Morgan fingerprint density at radius 1 is 1.00 bits per heavy atom. The van der Waals surface area contributed by atoms with E-state index in [0.29, 0.717) is 6.10 Å². The molecule has 0 radical (unpaired) electrons. The number of hydrogen-bond acceptors (Lipinski definition) is 4. The molecule has 0 unspecified atom stereocenters. The lowest BCUT2D eigenvalue weighted by molar-refractivity contribution is -0.313. The van der Waals surface area contributed by atoms with Gasteiger partial charge < -0.3 is 4.74 Å². The van der Waals surface area contributed by atoms with Gasteiger partial charge in [0.15, 0.2) is 0 Å². The smallest absolute Gasteiger partial charge is 0.302 e. The van der Waals surface area contributed by atoms with E-state index in [0.717, 1.165) is 25.7 Å². The molecule has 2 rings (SSSR count). The molecule has 0 aromatic carbocycles. The third-order valence-corrected chi connectivity index (χ3v) is 4.44. The van der Waals surface area contributed by atoms with E-state index in [4.69, 9.17) is 9.57 Å². The molecule has 2 fully saturated rings. The summed E-state index contributed by atoms with van der Waals surface area (Å²) in [6.45, 7) is 10.2. The van der Waals surface area contributed by atoms with Gasteiger partial charge in [-0.25, -0.2) is 0 Å². The second-order valence-electron chi connectivity index (χ2n) is 7.57. The highest BCUT2D eigenvalue weighted by atomic mass is 16.7. The summed E-state index contributed by atoms with van der Waals surface area (Å²) in [6, 6.07) is 0. The fourth-order valence-corrected chi connectivity index (χ4v) is 3.92. The largest absolute Gasteiger partial charge is 0.462 e. The standard InChI is InChI=1S/C16H29NO3/c1-12(18)19-14-10-15(2,3)17(16(4,5)11-14)20-13-8-6-7-9-13/h13-14H,6-11H2,1-5H3. The highest BCUT2D eigenvalue weighted by molar-refractivity contribution is 5.66. The second-order valence-corrected chi connectivity index (χ2v) is 7.57. The minimum Gasteiger partial charge on any atom is -0.462 e. The number of hydroxylamine groups is 2. The molecule has 1 heterocycles. The number of hydrogen-bond donors (Lipinski definition) is 0. The zero-order valence-corrected chi connectivity index (χ0v) is 13.6. The summed E-state index contributed by atoms with van der Waals surface area (Å²) < 4.78 is 5.46. The van der Waals surface area contributed by atoms with Gasteiger partial charge in [0.1, 0.15) is 6.10 Å². The van der Waals surface area contributed by atoms with E-state index >= 15 is 0 Å². The third-order valence-electron chi connectivity index (χ3n) is 4.44. The zero-order valence-electron chi connectivity index (χ0n) is 13.6. The Hall–Kier alpha value is -0.610. The van der Waals surface area contributed by atoms with Crippen molar-refractivity contribution in [2.75, 3.05) is 0 Å². The summed E-state index contributed by atoms with van der Waals surface area (Å²) in [6.07, 6.45) is 6.86. The van der Waals surface area contributed by atoms with E-state index in [2.05, 4.69) is 32.8 Å². The van der Waals surface area contributed by atoms with Crippen LogP contribution in [-0.4, -0.2) is 34.3 Å². The van der Waals surface area contributed by atoms with E-state index in [1.165, 1.54) is 19.8 Å². The number of carbonyl (C=O) groups excluding carboxylic acids is 1.